The Morgan fingerprint density at radius 2 is 1.49 bits per heavy atom. The van der Waals surface area contributed by atoms with Crippen LogP contribution in [0.15, 0.2) is 84.9 Å². The SMILES string of the molecule is COc1ccc(C(=O)CCC(=O)Nc2cc(-c3ccccc3)c(Cc3ccccc3)s2)cc1OC. The van der Waals surface area contributed by atoms with Gasteiger partial charge in [-0.05, 0) is 41.0 Å². The van der Waals surface area contributed by atoms with Crippen molar-refractivity contribution < 1.29 is 19.1 Å². The van der Waals surface area contributed by atoms with Gasteiger partial charge < -0.3 is 14.8 Å². The summed E-state index contributed by atoms with van der Waals surface area (Å²) in [5.74, 6) is 0.730. The van der Waals surface area contributed by atoms with Crippen LogP contribution in [0.5, 0.6) is 11.5 Å². The molecule has 0 fully saturated rings. The van der Waals surface area contributed by atoms with Gasteiger partial charge in [-0.2, -0.15) is 0 Å². The number of methoxy groups -OCH3 is 2. The predicted octanol–water partition coefficient (Wildman–Crippen LogP) is 6.62. The van der Waals surface area contributed by atoms with E-state index < -0.39 is 0 Å². The number of thiophene rings is 1. The van der Waals surface area contributed by atoms with Crippen molar-refractivity contribution in [2.75, 3.05) is 19.5 Å². The summed E-state index contributed by atoms with van der Waals surface area (Å²) in [6.07, 6.45) is 0.984. The molecule has 1 aromatic heterocycles. The lowest BCUT2D eigenvalue weighted by atomic mass is 10.0. The fourth-order valence-electron chi connectivity index (χ4n) is 3.85. The third kappa shape index (κ3) is 6.16. The van der Waals surface area contributed by atoms with E-state index in [9.17, 15) is 9.59 Å². The summed E-state index contributed by atoms with van der Waals surface area (Å²) in [5.41, 5.74) is 3.92. The zero-order valence-corrected chi connectivity index (χ0v) is 20.6. The number of carbonyl (C=O) groups excluding carboxylic acids is 2. The van der Waals surface area contributed by atoms with Crippen LogP contribution in [0.4, 0.5) is 5.00 Å². The molecule has 4 rings (SSSR count). The second-order valence-electron chi connectivity index (χ2n) is 8.02. The Morgan fingerprint density at radius 1 is 0.800 bits per heavy atom. The molecule has 1 N–H and O–H groups in total. The van der Waals surface area contributed by atoms with E-state index in [2.05, 4.69) is 29.6 Å². The van der Waals surface area contributed by atoms with Crippen molar-refractivity contribution in [2.24, 2.45) is 0 Å². The molecule has 0 saturated heterocycles. The van der Waals surface area contributed by atoms with Gasteiger partial charge >= 0.3 is 0 Å². The number of anilines is 1. The summed E-state index contributed by atoms with van der Waals surface area (Å²) in [7, 11) is 3.07. The van der Waals surface area contributed by atoms with Crippen LogP contribution in [0, 0.1) is 0 Å². The average molecular weight is 486 g/mol. The Balaban J connectivity index is 1.45. The van der Waals surface area contributed by atoms with Crippen molar-refractivity contribution in [3.8, 4) is 22.6 Å². The maximum absolute atomic E-state index is 12.7. The Kier molecular flexibility index (Phi) is 7.95. The van der Waals surface area contributed by atoms with E-state index in [1.807, 2.05) is 42.5 Å². The number of hydrogen-bond acceptors (Lipinski definition) is 5. The summed E-state index contributed by atoms with van der Waals surface area (Å²) in [4.78, 5) is 26.5. The number of Topliss-reactive ketones (excluding diaryl/α,β-unsaturated/α-hetero) is 1. The van der Waals surface area contributed by atoms with Gasteiger partial charge in [-0.25, -0.2) is 0 Å². The normalized spacial score (nSPS) is 10.6. The third-order valence-corrected chi connectivity index (χ3v) is 6.70. The molecule has 4 aromatic rings. The van der Waals surface area contributed by atoms with Gasteiger partial charge in [0.25, 0.3) is 0 Å². The molecule has 0 aliphatic heterocycles. The van der Waals surface area contributed by atoms with Crippen LogP contribution in [0.25, 0.3) is 11.1 Å². The van der Waals surface area contributed by atoms with Gasteiger partial charge in [-0.1, -0.05) is 60.7 Å². The van der Waals surface area contributed by atoms with Gasteiger partial charge in [0, 0.05) is 29.7 Å². The Morgan fingerprint density at radius 3 is 2.17 bits per heavy atom. The minimum absolute atomic E-state index is 0.0970. The number of amides is 1. The number of ketones is 1. The van der Waals surface area contributed by atoms with E-state index in [1.165, 1.54) is 17.6 Å². The quantitative estimate of drug-likeness (QED) is 0.256. The molecule has 0 unspecified atom stereocenters. The Hall–Kier alpha value is -3.90. The zero-order chi connectivity index (χ0) is 24.6. The zero-order valence-electron chi connectivity index (χ0n) is 19.7. The topological polar surface area (TPSA) is 64.6 Å². The molecule has 0 bridgehead atoms. The fraction of sp³-hybridized carbons (Fsp3) is 0.172. The summed E-state index contributed by atoms with van der Waals surface area (Å²) in [5, 5.41) is 3.76. The average Bonchev–Trinajstić information content (AvgIpc) is 3.29. The van der Waals surface area contributed by atoms with Gasteiger partial charge in [0.1, 0.15) is 0 Å². The highest BCUT2D eigenvalue weighted by atomic mass is 32.1. The molecule has 0 aliphatic rings. The Bertz CT molecular complexity index is 1300. The molecule has 6 heteroatoms. The number of hydrogen-bond donors (Lipinski definition) is 1. The highest BCUT2D eigenvalue weighted by Gasteiger charge is 2.16. The van der Waals surface area contributed by atoms with Crippen molar-refractivity contribution in [1.82, 2.24) is 0 Å². The van der Waals surface area contributed by atoms with Gasteiger partial charge in [0.15, 0.2) is 17.3 Å². The van der Waals surface area contributed by atoms with E-state index in [0.717, 1.165) is 22.5 Å². The molecule has 5 nitrogen and oxygen atoms in total. The first-order chi connectivity index (χ1) is 17.1. The largest absolute Gasteiger partial charge is 0.493 e. The van der Waals surface area contributed by atoms with Crippen molar-refractivity contribution in [1.29, 1.82) is 0 Å². The molecule has 0 aliphatic carbocycles. The van der Waals surface area contributed by atoms with Gasteiger partial charge in [-0.15, -0.1) is 11.3 Å². The highest BCUT2D eigenvalue weighted by molar-refractivity contribution is 7.16. The lowest BCUT2D eigenvalue weighted by Gasteiger charge is -2.09. The molecular weight excluding hydrogens is 458 g/mol. The van der Waals surface area contributed by atoms with E-state index >= 15 is 0 Å². The van der Waals surface area contributed by atoms with Crippen molar-refractivity contribution >= 4 is 28.0 Å². The number of rotatable bonds is 10. The summed E-state index contributed by atoms with van der Waals surface area (Å²) in [6, 6.07) is 27.5. The summed E-state index contributed by atoms with van der Waals surface area (Å²) < 4.78 is 10.5. The second-order valence-corrected chi connectivity index (χ2v) is 9.15. The number of ether oxygens (including phenoxy) is 2. The standard InChI is InChI=1S/C29H27NO4S/c1-33-25-15-13-22(18-26(25)34-2)24(31)14-16-28(32)30-29-19-23(21-11-7-4-8-12-21)27(35-29)17-20-9-5-3-6-10-20/h3-13,15,18-19H,14,16-17H2,1-2H3,(H,30,32). The van der Waals surface area contributed by atoms with Crippen LogP contribution < -0.4 is 14.8 Å². The fourth-order valence-corrected chi connectivity index (χ4v) is 4.98. The van der Waals surface area contributed by atoms with Crippen molar-refractivity contribution in [2.45, 2.75) is 19.3 Å². The summed E-state index contributed by atoms with van der Waals surface area (Å²) in [6.45, 7) is 0. The van der Waals surface area contributed by atoms with E-state index in [0.29, 0.717) is 17.1 Å². The van der Waals surface area contributed by atoms with Gasteiger partial charge in [-0.3, -0.25) is 9.59 Å². The lowest BCUT2D eigenvalue weighted by molar-refractivity contribution is -0.116. The number of benzene rings is 3. The van der Waals surface area contributed by atoms with Crippen LogP contribution in [-0.4, -0.2) is 25.9 Å². The van der Waals surface area contributed by atoms with Crippen LogP contribution in [0.3, 0.4) is 0 Å². The monoisotopic (exact) mass is 485 g/mol. The van der Waals surface area contributed by atoms with Crippen LogP contribution in [0.2, 0.25) is 0 Å². The predicted molar refractivity (Wildman–Crippen MR) is 141 cm³/mol. The Labute approximate surface area is 209 Å². The number of carbonyl (C=O) groups is 2. The lowest BCUT2D eigenvalue weighted by Crippen LogP contribution is -2.12. The third-order valence-electron chi connectivity index (χ3n) is 5.65. The molecule has 1 heterocycles. The van der Waals surface area contributed by atoms with Crippen LogP contribution in [0.1, 0.15) is 33.6 Å². The molecule has 0 atom stereocenters. The maximum Gasteiger partial charge on any atom is 0.225 e. The molecule has 3 aromatic carbocycles. The minimum Gasteiger partial charge on any atom is -0.493 e. The molecule has 35 heavy (non-hydrogen) atoms. The maximum atomic E-state index is 12.7. The minimum atomic E-state index is -0.189. The first-order valence-electron chi connectivity index (χ1n) is 11.3. The molecule has 0 radical (unpaired) electrons. The van der Waals surface area contributed by atoms with E-state index in [-0.39, 0.29) is 24.5 Å². The smallest absolute Gasteiger partial charge is 0.225 e. The van der Waals surface area contributed by atoms with Crippen molar-refractivity contribution in [3.05, 3.63) is 101 Å². The van der Waals surface area contributed by atoms with Gasteiger partial charge in [0.2, 0.25) is 5.91 Å². The molecule has 0 saturated carbocycles. The number of nitrogens with one attached hydrogen (secondary N) is 1. The highest BCUT2D eigenvalue weighted by Crippen LogP contribution is 2.36. The molecular formula is C29H27NO4S. The van der Waals surface area contributed by atoms with E-state index in [4.69, 9.17) is 9.47 Å². The first kappa shape index (κ1) is 24.2. The van der Waals surface area contributed by atoms with Crippen LogP contribution >= 0.6 is 11.3 Å². The molecule has 0 spiro atoms. The first-order valence-corrected chi connectivity index (χ1v) is 12.2. The molecule has 1 amide bonds. The van der Waals surface area contributed by atoms with Gasteiger partial charge in [0.05, 0.1) is 19.2 Å². The van der Waals surface area contributed by atoms with Crippen LogP contribution in [-0.2, 0) is 11.2 Å². The molecule has 178 valence electrons. The second kappa shape index (κ2) is 11.5. The summed E-state index contributed by atoms with van der Waals surface area (Å²) >= 11 is 1.57. The van der Waals surface area contributed by atoms with E-state index in [1.54, 1.807) is 36.6 Å². The van der Waals surface area contributed by atoms with Crippen molar-refractivity contribution in [3.63, 3.8) is 0 Å².